The second-order valence-corrected chi connectivity index (χ2v) is 5.66. The number of aromatic nitrogens is 1. The van der Waals surface area contributed by atoms with Crippen LogP contribution in [0.5, 0.6) is 0 Å². The van der Waals surface area contributed by atoms with Gasteiger partial charge in [0.2, 0.25) is 0 Å². The summed E-state index contributed by atoms with van der Waals surface area (Å²) in [5.41, 5.74) is 4.71. The maximum Gasteiger partial charge on any atom is 0.337 e. The Labute approximate surface area is 136 Å². The van der Waals surface area contributed by atoms with Gasteiger partial charge in [-0.1, -0.05) is 15.9 Å². The minimum absolute atomic E-state index is 0.00171. The van der Waals surface area contributed by atoms with Crippen molar-refractivity contribution in [1.82, 2.24) is 9.88 Å². The molecule has 2 amide bonds. The molecule has 1 aromatic heterocycles. The van der Waals surface area contributed by atoms with Gasteiger partial charge in [0.25, 0.3) is 17.4 Å². The number of anilines is 1. The van der Waals surface area contributed by atoms with Crippen molar-refractivity contribution >= 4 is 39.5 Å². The summed E-state index contributed by atoms with van der Waals surface area (Å²) in [6.07, 6.45) is 0. The molecule has 0 aliphatic carbocycles. The lowest BCUT2D eigenvalue weighted by molar-refractivity contribution is 0.0696. The van der Waals surface area contributed by atoms with Crippen LogP contribution in [0.4, 0.5) is 5.82 Å². The van der Waals surface area contributed by atoms with Crippen LogP contribution in [0.25, 0.3) is 5.69 Å². The first-order valence-electron chi connectivity index (χ1n) is 6.25. The molecule has 4 N–H and O–H groups in total. The molecule has 0 atom stereocenters. The van der Waals surface area contributed by atoms with Crippen molar-refractivity contribution in [3.05, 3.63) is 55.8 Å². The summed E-state index contributed by atoms with van der Waals surface area (Å²) in [7, 11) is 0. The topological polar surface area (TPSA) is 131 Å². The molecule has 0 unspecified atom stereocenters. The van der Waals surface area contributed by atoms with Gasteiger partial charge in [-0.05, 0) is 18.2 Å². The Bertz CT molecular complexity index is 964. The Morgan fingerprint density at radius 3 is 2.52 bits per heavy atom. The van der Waals surface area contributed by atoms with E-state index < -0.39 is 23.3 Å². The second kappa shape index (κ2) is 5.06. The molecule has 8 nitrogen and oxygen atoms in total. The van der Waals surface area contributed by atoms with Gasteiger partial charge in [-0.25, -0.2) is 4.79 Å². The number of aromatic carboxylic acids is 1. The van der Waals surface area contributed by atoms with E-state index in [-0.39, 0.29) is 28.2 Å². The minimum atomic E-state index is -1.27. The van der Waals surface area contributed by atoms with E-state index in [9.17, 15) is 24.3 Å². The predicted molar refractivity (Wildman–Crippen MR) is 82.9 cm³/mol. The number of carboxylic acid groups (broad SMARTS) is 1. The van der Waals surface area contributed by atoms with E-state index in [0.29, 0.717) is 4.47 Å². The number of halogens is 1. The molecule has 3 rings (SSSR count). The number of nitrogens with one attached hydrogen (secondary N) is 1. The van der Waals surface area contributed by atoms with Crippen molar-refractivity contribution < 1.29 is 19.5 Å². The highest BCUT2D eigenvalue weighted by atomic mass is 79.9. The van der Waals surface area contributed by atoms with Crippen LogP contribution in [0.3, 0.4) is 0 Å². The Morgan fingerprint density at radius 1 is 1.17 bits per heavy atom. The Kier molecular flexibility index (Phi) is 3.29. The standard InChI is InChI=1S/C14H8BrN3O5/c15-5-1-2-8(6(3-5)14(22)23)18-9(19)4-7-10(11(18)16)13(21)17-12(7)20/h1-4H,16H2,(H,22,23)(H,17,20,21). The molecule has 0 saturated carbocycles. The van der Waals surface area contributed by atoms with Gasteiger partial charge < -0.3 is 10.8 Å². The van der Waals surface area contributed by atoms with E-state index in [1.54, 1.807) is 0 Å². The Hall–Kier alpha value is -2.94. The normalized spacial score (nSPS) is 12.9. The van der Waals surface area contributed by atoms with Gasteiger partial charge in [-0.15, -0.1) is 0 Å². The van der Waals surface area contributed by atoms with Gasteiger partial charge in [-0.3, -0.25) is 24.3 Å². The summed E-state index contributed by atoms with van der Waals surface area (Å²) < 4.78 is 1.40. The first-order valence-corrected chi connectivity index (χ1v) is 7.05. The Morgan fingerprint density at radius 2 is 1.87 bits per heavy atom. The van der Waals surface area contributed by atoms with E-state index in [0.717, 1.165) is 10.6 Å². The quantitative estimate of drug-likeness (QED) is 0.662. The van der Waals surface area contributed by atoms with Crippen molar-refractivity contribution in [1.29, 1.82) is 0 Å². The molecule has 1 aromatic carbocycles. The fourth-order valence-corrected chi connectivity index (χ4v) is 2.76. The van der Waals surface area contributed by atoms with Gasteiger partial charge in [0.15, 0.2) is 0 Å². The van der Waals surface area contributed by atoms with E-state index >= 15 is 0 Å². The Balaban J connectivity index is 2.38. The zero-order valence-electron chi connectivity index (χ0n) is 11.3. The molecule has 0 spiro atoms. The van der Waals surface area contributed by atoms with Crippen molar-refractivity contribution in [2.75, 3.05) is 5.73 Å². The zero-order valence-corrected chi connectivity index (χ0v) is 12.9. The van der Waals surface area contributed by atoms with Crippen molar-refractivity contribution in [3.8, 4) is 5.69 Å². The monoisotopic (exact) mass is 377 g/mol. The molecule has 0 saturated heterocycles. The molecular formula is C14H8BrN3O5. The van der Waals surface area contributed by atoms with Crippen LogP contribution in [-0.2, 0) is 0 Å². The number of nitrogens with zero attached hydrogens (tertiary/aromatic N) is 1. The molecule has 0 fully saturated rings. The third-order valence-electron chi connectivity index (χ3n) is 3.38. The predicted octanol–water partition coefficient (Wildman–Crippen LogP) is 0.764. The smallest absolute Gasteiger partial charge is 0.337 e. The fraction of sp³-hybridized carbons (Fsp3) is 0. The van der Waals surface area contributed by atoms with Gasteiger partial charge in [-0.2, -0.15) is 0 Å². The molecule has 1 aliphatic rings. The van der Waals surface area contributed by atoms with Crippen molar-refractivity contribution in [2.45, 2.75) is 0 Å². The molecule has 23 heavy (non-hydrogen) atoms. The van der Waals surface area contributed by atoms with Gasteiger partial charge in [0.05, 0.1) is 22.4 Å². The highest BCUT2D eigenvalue weighted by molar-refractivity contribution is 9.10. The van der Waals surface area contributed by atoms with E-state index in [1.165, 1.54) is 18.2 Å². The number of pyridine rings is 1. The van der Waals surface area contributed by atoms with Crippen molar-refractivity contribution in [3.63, 3.8) is 0 Å². The van der Waals surface area contributed by atoms with Crippen LogP contribution in [0.15, 0.2) is 33.5 Å². The molecule has 116 valence electrons. The first-order chi connectivity index (χ1) is 10.8. The number of carbonyl (C=O) groups excluding carboxylic acids is 2. The van der Waals surface area contributed by atoms with Gasteiger partial charge in [0, 0.05) is 10.5 Å². The molecule has 1 aliphatic heterocycles. The number of rotatable bonds is 2. The summed E-state index contributed by atoms with van der Waals surface area (Å²) in [6.45, 7) is 0. The van der Waals surface area contributed by atoms with Crippen LogP contribution in [-0.4, -0.2) is 27.5 Å². The SMILES string of the molecule is Nc1c2c(cc(=O)n1-c1ccc(Br)cc1C(=O)O)C(=O)NC2=O. The van der Waals surface area contributed by atoms with Crippen LogP contribution in [0.2, 0.25) is 0 Å². The van der Waals surface area contributed by atoms with Crippen LogP contribution >= 0.6 is 15.9 Å². The van der Waals surface area contributed by atoms with E-state index in [4.69, 9.17) is 5.73 Å². The highest BCUT2D eigenvalue weighted by Gasteiger charge is 2.32. The number of carboxylic acids is 1. The molecule has 2 heterocycles. The number of nitrogen functional groups attached to an aromatic ring is 1. The lowest BCUT2D eigenvalue weighted by Gasteiger charge is -2.14. The molecule has 0 radical (unpaired) electrons. The molecule has 2 aromatic rings. The van der Waals surface area contributed by atoms with Crippen LogP contribution in [0, 0.1) is 0 Å². The lowest BCUT2D eigenvalue weighted by Crippen LogP contribution is -2.25. The number of carbonyl (C=O) groups is 3. The second-order valence-electron chi connectivity index (χ2n) is 4.74. The summed E-state index contributed by atoms with van der Waals surface area (Å²) >= 11 is 3.15. The number of hydrogen-bond donors (Lipinski definition) is 3. The fourth-order valence-electron chi connectivity index (χ4n) is 2.40. The van der Waals surface area contributed by atoms with E-state index in [2.05, 4.69) is 15.9 Å². The summed E-state index contributed by atoms with van der Waals surface area (Å²) in [6, 6.07) is 5.18. The zero-order chi connectivity index (χ0) is 16.9. The third-order valence-corrected chi connectivity index (χ3v) is 3.88. The van der Waals surface area contributed by atoms with Gasteiger partial charge in [0.1, 0.15) is 5.82 Å². The molecular weight excluding hydrogens is 370 g/mol. The first kappa shape index (κ1) is 15.0. The summed E-state index contributed by atoms with van der Waals surface area (Å²) in [5, 5.41) is 11.4. The van der Waals surface area contributed by atoms with Crippen molar-refractivity contribution in [2.24, 2.45) is 0 Å². The molecule has 9 heteroatoms. The largest absolute Gasteiger partial charge is 0.478 e. The third kappa shape index (κ3) is 2.21. The number of imide groups is 1. The number of amides is 2. The maximum atomic E-state index is 12.3. The average molecular weight is 378 g/mol. The average Bonchev–Trinajstić information content (AvgIpc) is 2.74. The van der Waals surface area contributed by atoms with Crippen LogP contribution < -0.4 is 16.6 Å². The van der Waals surface area contributed by atoms with Gasteiger partial charge >= 0.3 is 5.97 Å². The van der Waals surface area contributed by atoms with Crippen LogP contribution in [0.1, 0.15) is 31.1 Å². The van der Waals surface area contributed by atoms with E-state index in [1.807, 2.05) is 5.32 Å². The molecule has 0 bridgehead atoms. The maximum absolute atomic E-state index is 12.3. The number of fused-ring (bicyclic) bond motifs is 1. The number of hydrogen-bond acceptors (Lipinski definition) is 5. The minimum Gasteiger partial charge on any atom is -0.478 e. The highest BCUT2D eigenvalue weighted by Crippen LogP contribution is 2.26. The lowest BCUT2D eigenvalue weighted by atomic mass is 10.1. The number of nitrogens with two attached hydrogens (primary N) is 1. The summed E-state index contributed by atoms with van der Waals surface area (Å²) in [4.78, 5) is 47.1. The summed E-state index contributed by atoms with van der Waals surface area (Å²) in [5.74, 6) is -3.00. The number of benzene rings is 1.